The molecule has 0 spiro atoms. The fourth-order valence-corrected chi connectivity index (χ4v) is 3.30. The van der Waals surface area contributed by atoms with Gasteiger partial charge in [-0.1, -0.05) is 63.8 Å². The van der Waals surface area contributed by atoms with Crippen LogP contribution in [-0.2, 0) is 6.42 Å². The van der Waals surface area contributed by atoms with E-state index in [0.717, 1.165) is 23.8 Å². The highest BCUT2D eigenvalue weighted by atomic mass is 16.5. The van der Waals surface area contributed by atoms with Crippen molar-refractivity contribution in [2.75, 3.05) is 7.11 Å². The summed E-state index contributed by atoms with van der Waals surface area (Å²) in [5.41, 5.74) is 1.23. The number of fused-ring (bicyclic) bond motifs is 1. The third-order valence-electron chi connectivity index (χ3n) is 5.02. The smallest absolute Gasteiger partial charge is 0.157 e. The van der Waals surface area contributed by atoms with Crippen molar-refractivity contribution in [3.63, 3.8) is 0 Å². The quantitative estimate of drug-likeness (QED) is 0.508. The van der Waals surface area contributed by atoms with Crippen molar-refractivity contribution in [3.05, 3.63) is 53.6 Å². The van der Waals surface area contributed by atoms with Gasteiger partial charge in [0.15, 0.2) is 5.82 Å². The molecular formula is C22H29N3O. The van der Waals surface area contributed by atoms with Gasteiger partial charge >= 0.3 is 0 Å². The molecule has 1 unspecified atom stereocenters. The maximum atomic E-state index is 5.30. The Morgan fingerprint density at radius 3 is 2.58 bits per heavy atom. The van der Waals surface area contributed by atoms with Crippen LogP contribution in [0.5, 0.6) is 5.75 Å². The van der Waals surface area contributed by atoms with Crippen LogP contribution in [0.2, 0.25) is 0 Å². The molecule has 0 saturated carbocycles. The highest BCUT2D eigenvalue weighted by Crippen LogP contribution is 2.27. The number of methoxy groups -OCH3 is 1. The van der Waals surface area contributed by atoms with E-state index >= 15 is 0 Å². The molecule has 2 aromatic carbocycles. The Kier molecular flexibility index (Phi) is 6.26. The molecule has 1 atom stereocenters. The van der Waals surface area contributed by atoms with E-state index < -0.39 is 0 Å². The summed E-state index contributed by atoms with van der Waals surface area (Å²) < 4.78 is 5.30. The summed E-state index contributed by atoms with van der Waals surface area (Å²) in [6.45, 7) is 4.41. The van der Waals surface area contributed by atoms with Crippen LogP contribution in [0.25, 0.3) is 10.8 Å². The van der Waals surface area contributed by atoms with Crippen LogP contribution >= 0.6 is 0 Å². The SMILES string of the molecule is CCCCCCCc1nc(C(C)c2ccc3cc(OC)ccc3c2)n[nH]1. The van der Waals surface area contributed by atoms with Crippen LogP contribution in [-0.4, -0.2) is 22.3 Å². The highest BCUT2D eigenvalue weighted by Gasteiger charge is 2.14. The fraction of sp³-hybridized carbons (Fsp3) is 0.455. The van der Waals surface area contributed by atoms with Crippen molar-refractivity contribution in [1.82, 2.24) is 15.2 Å². The predicted octanol–water partition coefficient (Wildman–Crippen LogP) is 5.63. The van der Waals surface area contributed by atoms with Crippen LogP contribution in [0.15, 0.2) is 36.4 Å². The zero-order chi connectivity index (χ0) is 18.4. The van der Waals surface area contributed by atoms with Gasteiger partial charge in [-0.15, -0.1) is 0 Å². The zero-order valence-electron chi connectivity index (χ0n) is 16.1. The summed E-state index contributed by atoms with van der Waals surface area (Å²) in [5, 5.41) is 9.97. The minimum atomic E-state index is 0.173. The van der Waals surface area contributed by atoms with Crippen LogP contribution in [0.3, 0.4) is 0 Å². The van der Waals surface area contributed by atoms with Gasteiger partial charge < -0.3 is 4.74 Å². The van der Waals surface area contributed by atoms with Crippen LogP contribution < -0.4 is 4.74 Å². The topological polar surface area (TPSA) is 50.8 Å². The van der Waals surface area contributed by atoms with E-state index in [2.05, 4.69) is 54.4 Å². The van der Waals surface area contributed by atoms with Gasteiger partial charge in [0.05, 0.1) is 7.11 Å². The van der Waals surface area contributed by atoms with E-state index in [1.807, 2.05) is 6.07 Å². The maximum Gasteiger partial charge on any atom is 0.157 e. The Balaban J connectivity index is 1.67. The van der Waals surface area contributed by atoms with E-state index in [1.54, 1.807) is 7.11 Å². The molecular weight excluding hydrogens is 322 g/mol. The Bertz CT molecular complexity index is 840. The number of hydrogen-bond donors (Lipinski definition) is 1. The Hall–Kier alpha value is -2.36. The second-order valence-electron chi connectivity index (χ2n) is 7.00. The average Bonchev–Trinajstić information content (AvgIpc) is 3.15. The second-order valence-corrected chi connectivity index (χ2v) is 7.00. The lowest BCUT2D eigenvalue weighted by Crippen LogP contribution is -1.99. The number of unbranched alkanes of at least 4 members (excludes halogenated alkanes) is 4. The molecule has 0 aliphatic carbocycles. The van der Waals surface area contributed by atoms with Gasteiger partial charge in [-0.25, -0.2) is 4.98 Å². The third-order valence-corrected chi connectivity index (χ3v) is 5.02. The minimum Gasteiger partial charge on any atom is -0.497 e. The molecule has 3 rings (SSSR count). The molecule has 0 bridgehead atoms. The molecule has 4 nitrogen and oxygen atoms in total. The lowest BCUT2D eigenvalue weighted by molar-refractivity contribution is 0.415. The molecule has 0 radical (unpaired) electrons. The van der Waals surface area contributed by atoms with Gasteiger partial charge in [0, 0.05) is 12.3 Å². The van der Waals surface area contributed by atoms with Crippen LogP contribution in [0.4, 0.5) is 0 Å². The monoisotopic (exact) mass is 351 g/mol. The number of H-pyrrole nitrogens is 1. The standard InChI is InChI=1S/C22H29N3O/c1-4-5-6-7-8-9-21-23-22(25-24-21)16(2)17-10-11-19-15-20(26-3)13-12-18(19)14-17/h10-16H,4-9H2,1-3H3,(H,23,24,25). The van der Waals surface area contributed by atoms with Crippen molar-refractivity contribution >= 4 is 10.8 Å². The molecule has 1 aromatic heterocycles. The summed E-state index contributed by atoms with van der Waals surface area (Å²) in [5.74, 6) is 2.94. The van der Waals surface area contributed by atoms with Gasteiger partial charge in [0.1, 0.15) is 11.6 Å². The number of aromatic nitrogens is 3. The van der Waals surface area contributed by atoms with E-state index in [0.29, 0.717) is 0 Å². The molecule has 0 fully saturated rings. The van der Waals surface area contributed by atoms with E-state index in [-0.39, 0.29) is 5.92 Å². The van der Waals surface area contributed by atoms with Gasteiger partial charge in [-0.2, -0.15) is 5.10 Å². The summed E-state index contributed by atoms with van der Waals surface area (Å²) in [6.07, 6.45) is 7.36. The molecule has 3 aromatic rings. The number of hydrogen-bond acceptors (Lipinski definition) is 3. The molecule has 1 heterocycles. The molecule has 4 heteroatoms. The minimum absolute atomic E-state index is 0.173. The predicted molar refractivity (Wildman–Crippen MR) is 107 cm³/mol. The molecule has 138 valence electrons. The number of nitrogens with zero attached hydrogens (tertiary/aromatic N) is 2. The number of aryl methyl sites for hydroxylation is 1. The van der Waals surface area contributed by atoms with Crippen molar-refractivity contribution in [2.45, 2.75) is 58.3 Å². The van der Waals surface area contributed by atoms with Gasteiger partial charge in [-0.3, -0.25) is 5.10 Å². The normalized spacial score (nSPS) is 12.4. The highest BCUT2D eigenvalue weighted by molar-refractivity contribution is 5.84. The van der Waals surface area contributed by atoms with Crippen molar-refractivity contribution < 1.29 is 4.74 Å². The third kappa shape index (κ3) is 4.43. The van der Waals surface area contributed by atoms with Gasteiger partial charge in [-0.05, 0) is 34.9 Å². The number of rotatable bonds is 9. The van der Waals surface area contributed by atoms with Gasteiger partial charge in [0.2, 0.25) is 0 Å². The number of nitrogens with one attached hydrogen (secondary N) is 1. The number of ether oxygens (including phenoxy) is 1. The Morgan fingerprint density at radius 2 is 1.77 bits per heavy atom. The molecule has 0 saturated heterocycles. The van der Waals surface area contributed by atoms with E-state index in [1.165, 1.54) is 48.4 Å². The van der Waals surface area contributed by atoms with Crippen molar-refractivity contribution in [1.29, 1.82) is 0 Å². The molecule has 0 amide bonds. The first-order valence-corrected chi connectivity index (χ1v) is 9.70. The summed E-state index contributed by atoms with van der Waals surface area (Å²) in [4.78, 5) is 4.73. The summed E-state index contributed by atoms with van der Waals surface area (Å²) in [6, 6.07) is 12.7. The number of aromatic amines is 1. The van der Waals surface area contributed by atoms with E-state index in [4.69, 9.17) is 9.72 Å². The molecule has 0 aliphatic rings. The fourth-order valence-electron chi connectivity index (χ4n) is 3.30. The van der Waals surface area contributed by atoms with Gasteiger partial charge in [0.25, 0.3) is 0 Å². The largest absolute Gasteiger partial charge is 0.497 e. The maximum absolute atomic E-state index is 5.30. The first-order valence-electron chi connectivity index (χ1n) is 9.70. The van der Waals surface area contributed by atoms with Crippen LogP contribution in [0.1, 0.15) is 69.1 Å². The summed E-state index contributed by atoms with van der Waals surface area (Å²) in [7, 11) is 1.70. The first-order chi connectivity index (χ1) is 12.7. The average molecular weight is 351 g/mol. The number of benzene rings is 2. The van der Waals surface area contributed by atoms with Crippen LogP contribution in [0, 0.1) is 0 Å². The second kappa shape index (κ2) is 8.84. The van der Waals surface area contributed by atoms with Crippen molar-refractivity contribution in [3.8, 4) is 5.75 Å². The Morgan fingerprint density at radius 1 is 1.00 bits per heavy atom. The lowest BCUT2D eigenvalue weighted by Gasteiger charge is -2.10. The summed E-state index contributed by atoms with van der Waals surface area (Å²) >= 11 is 0. The van der Waals surface area contributed by atoms with Crippen molar-refractivity contribution in [2.24, 2.45) is 0 Å². The lowest BCUT2D eigenvalue weighted by atomic mass is 9.97. The zero-order valence-corrected chi connectivity index (χ0v) is 16.1. The molecule has 1 N–H and O–H groups in total. The van der Waals surface area contributed by atoms with E-state index in [9.17, 15) is 0 Å². The first kappa shape index (κ1) is 18.4. The Labute approximate surface area is 156 Å². The molecule has 26 heavy (non-hydrogen) atoms. The molecule has 0 aliphatic heterocycles.